The van der Waals surface area contributed by atoms with Crippen molar-refractivity contribution in [2.75, 3.05) is 30.5 Å². The Labute approximate surface area is 282 Å². The van der Waals surface area contributed by atoms with E-state index in [1.807, 2.05) is 49.4 Å². The molecule has 0 bridgehead atoms. The number of ether oxygens (including phenoxy) is 2. The second kappa shape index (κ2) is 15.3. The summed E-state index contributed by atoms with van der Waals surface area (Å²) in [7, 11) is 2.79. The van der Waals surface area contributed by atoms with Gasteiger partial charge in [0.25, 0.3) is 5.91 Å². The van der Waals surface area contributed by atoms with Crippen LogP contribution < -0.4 is 15.1 Å². The number of carbonyl (C=O) groups is 5. The molecule has 0 fully saturated rings. The lowest BCUT2D eigenvalue weighted by atomic mass is 9.99. The number of nitrogens with zero attached hydrogens (tertiary/aromatic N) is 3. The van der Waals surface area contributed by atoms with E-state index in [1.165, 1.54) is 24.0 Å². The first-order valence-electron chi connectivity index (χ1n) is 16.2. The lowest BCUT2D eigenvalue weighted by Gasteiger charge is -2.30. The van der Waals surface area contributed by atoms with Crippen LogP contribution in [0.5, 0.6) is 0 Å². The van der Waals surface area contributed by atoms with E-state index in [0.29, 0.717) is 24.2 Å². The van der Waals surface area contributed by atoms with Crippen molar-refractivity contribution in [2.24, 2.45) is 0 Å². The summed E-state index contributed by atoms with van der Waals surface area (Å²) in [5.74, 6) is -1.56. The molecule has 3 aromatic rings. The standard InChI is InChI=1S/C37H46N4O7/c1-24-20-21-26-14-8-9-15-27(26)28(24)22-41-31-17-11-10-16-30(31)40(32(42)18-12-13-19-33(43)47-7)23-29(35(41)45)38-34(44)25(2)39(6)36(46)48-37(3,4)5/h8-11,14-17,20-21,25,29H,12-13,18-19,22-23H2,1-7H3,(H,38,44)/t25?,29-/m0/s1. The van der Waals surface area contributed by atoms with Crippen molar-refractivity contribution < 1.29 is 33.4 Å². The highest BCUT2D eigenvalue weighted by molar-refractivity contribution is 6.08. The molecule has 4 amide bonds. The fourth-order valence-corrected chi connectivity index (χ4v) is 5.65. The number of rotatable bonds is 10. The maximum absolute atomic E-state index is 14.6. The molecule has 256 valence electrons. The van der Waals surface area contributed by atoms with E-state index >= 15 is 0 Å². The fraction of sp³-hybridized carbons (Fsp3) is 0.432. The smallest absolute Gasteiger partial charge is 0.410 e. The van der Waals surface area contributed by atoms with Crippen molar-refractivity contribution in [1.29, 1.82) is 0 Å². The van der Waals surface area contributed by atoms with Gasteiger partial charge in [0.1, 0.15) is 17.7 Å². The molecule has 0 saturated heterocycles. The number of nitrogens with one attached hydrogen (secondary N) is 1. The average Bonchev–Trinajstić information content (AvgIpc) is 3.16. The summed E-state index contributed by atoms with van der Waals surface area (Å²) in [6.45, 7) is 8.83. The zero-order chi connectivity index (χ0) is 35.2. The number of unbranched alkanes of at least 4 members (excludes halogenated alkanes) is 1. The molecule has 1 unspecified atom stereocenters. The Balaban J connectivity index is 1.70. The summed E-state index contributed by atoms with van der Waals surface area (Å²) in [5, 5.41) is 4.88. The van der Waals surface area contributed by atoms with Gasteiger partial charge in [-0.25, -0.2) is 4.79 Å². The van der Waals surface area contributed by atoms with Gasteiger partial charge in [0.2, 0.25) is 11.8 Å². The third-order valence-electron chi connectivity index (χ3n) is 8.49. The molecule has 3 aromatic carbocycles. The van der Waals surface area contributed by atoms with Crippen LogP contribution in [0.2, 0.25) is 0 Å². The zero-order valence-corrected chi connectivity index (χ0v) is 28.9. The Morgan fingerprint density at radius 1 is 0.958 bits per heavy atom. The summed E-state index contributed by atoms with van der Waals surface area (Å²) >= 11 is 0. The molecule has 0 aromatic heterocycles. The molecule has 1 aliphatic heterocycles. The Morgan fingerprint density at radius 3 is 2.29 bits per heavy atom. The van der Waals surface area contributed by atoms with E-state index in [2.05, 4.69) is 5.32 Å². The lowest BCUT2D eigenvalue weighted by Crippen LogP contribution is -2.57. The quantitative estimate of drug-likeness (QED) is 0.225. The van der Waals surface area contributed by atoms with E-state index in [9.17, 15) is 24.0 Å². The molecule has 11 nitrogen and oxygen atoms in total. The van der Waals surface area contributed by atoms with Gasteiger partial charge in [-0.2, -0.15) is 0 Å². The number of benzene rings is 3. The Morgan fingerprint density at radius 2 is 1.60 bits per heavy atom. The summed E-state index contributed by atoms with van der Waals surface area (Å²) in [5.41, 5.74) is 2.26. The van der Waals surface area contributed by atoms with Gasteiger partial charge in [0.15, 0.2) is 0 Å². The minimum Gasteiger partial charge on any atom is -0.469 e. The number of carbonyl (C=O) groups excluding carboxylic acids is 5. The molecule has 0 saturated carbocycles. The van der Waals surface area contributed by atoms with Crippen molar-refractivity contribution in [1.82, 2.24) is 10.2 Å². The number of hydrogen-bond donors (Lipinski definition) is 1. The Hall–Kier alpha value is -4.93. The van der Waals surface area contributed by atoms with Crippen molar-refractivity contribution in [3.8, 4) is 0 Å². The van der Waals surface area contributed by atoms with Gasteiger partial charge in [-0.3, -0.25) is 24.1 Å². The molecule has 0 spiro atoms. The van der Waals surface area contributed by atoms with E-state index in [-0.39, 0.29) is 37.8 Å². The fourth-order valence-electron chi connectivity index (χ4n) is 5.65. The van der Waals surface area contributed by atoms with Crippen LogP contribution in [0.15, 0.2) is 60.7 Å². The van der Waals surface area contributed by atoms with Crippen LogP contribution in [0, 0.1) is 6.92 Å². The van der Waals surface area contributed by atoms with E-state index in [0.717, 1.165) is 21.9 Å². The number of hydrogen-bond acceptors (Lipinski definition) is 7. The molecular weight excluding hydrogens is 612 g/mol. The van der Waals surface area contributed by atoms with E-state index in [1.54, 1.807) is 50.8 Å². The van der Waals surface area contributed by atoms with E-state index in [4.69, 9.17) is 9.47 Å². The van der Waals surface area contributed by atoms with Crippen LogP contribution in [0.1, 0.15) is 64.5 Å². The lowest BCUT2D eigenvalue weighted by molar-refractivity contribution is -0.140. The first kappa shape index (κ1) is 35.9. The van der Waals surface area contributed by atoms with Crippen molar-refractivity contribution in [3.63, 3.8) is 0 Å². The van der Waals surface area contributed by atoms with Crippen molar-refractivity contribution >= 4 is 51.9 Å². The van der Waals surface area contributed by atoms with Gasteiger partial charge in [-0.05, 0) is 81.5 Å². The van der Waals surface area contributed by atoms with Gasteiger partial charge < -0.3 is 24.6 Å². The number of esters is 1. The molecule has 0 aliphatic carbocycles. The number of amides is 4. The highest BCUT2D eigenvalue weighted by Gasteiger charge is 2.38. The Bertz CT molecular complexity index is 1680. The monoisotopic (exact) mass is 658 g/mol. The second-order valence-electron chi connectivity index (χ2n) is 13.1. The average molecular weight is 659 g/mol. The summed E-state index contributed by atoms with van der Waals surface area (Å²) < 4.78 is 10.2. The number of fused-ring (bicyclic) bond motifs is 2. The van der Waals surface area contributed by atoms with Crippen molar-refractivity contribution in [3.05, 3.63) is 71.8 Å². The third kappa shape index (κ3) is 8.50. The number of methoxy groups -OCH3 is 1. The summed E-state index contributed by atoms with van der Waals surface area (Å²) in [4.78, 5) is 70.7. The highest BCUT2D eigenvalue weighted by atomic mass is 16.6. The second-order valence-corrected chi connectivity index (χ2v) is 13.1. The predicted octanol–water partition coefficient (Wildman–Crippen LogP) is 5.50. The molecule has 11 heteroatoms. The third-order valence-corrected chi connectivity index (χ3v) is 8.49. The van der Waals surface area contributed by atoms with Crippen LogP contribution in [-0.4, -0.2) is 73.1 Å². The molecule has 1 heterocycles. The topological polar surface area (TPSA) is 126 Å². The maximum atomic E-state index is 14.6. The molecule has 1 N–H and O–H groups in total. The van der Waals surface area contributed by atoms with Gasteiger partial charge >= 0.3 is 12.1 Å². The largest absolute Gasteiger partial charge is 0.469 e. The van der Waals surface area contributed by atoms with Crippen LogP contribution in [0.25, 0.3) is 10.8 Å². The summed E-state index contributed by atoms with van der Waals surface area (Å²) in [6, 6.07) is 17.1. The molecule has 1 aliphatic rings. The minimum atomic E-state index is -1.13. The number of anilines is 2. The minimum absolute atomic E-state index is 0.120. The van der Waals surface area contributed by atoms with Crippen LogP contribution in [0.4, 0.5) is 16.2 Å². The molecule has 0 radical (unpaired) electrons. The Kier molecular flexibility index (Phi) is 11.5. The van der Waals surface area contributed by atoms with E-state index < -0.39 is 35.6 Å². The number of likely N-dealkylation sites (N-methyl/N-ethyl adjacent to an activating group) is 1. The van der Waals surface area contributed by atoms with Crippen molar-refractivity contribution in [2.45, 2.75) is 84.5 Å². The molecular formula is C37H46N4O7. The first-order chi connectivity index (χ1) is 22.7. The first-order valence-corrected chi connectivity index (χ1v) is 16.2. The van der Waals surface area contributed by atoms with Gasteiger partial charge in [-0.15, -0.1) is 0 Å². The molecule has 2 atom stereocenters. The predicted molar refractivity (Wildman–Crippen MR) is 185 cm³/mol. The SMILES string of the molecule is COC(=O)CCCCC(=O)N1C[C@H](NC(=O)C(C)N(C)C(=O)OC(C)(C)C)C(=O)N(Cc2c(C)ccc3ccccc23)c2ccccc21. The summed E-state index contributed by atoms with van der Waals surface area (Å²) in [6.07, 6.45) is 0.544. The highest BCUT2D eigenvalue weighted by Crippen LogP contribution is 2.36. The zero-order valence-electron chi connectivity index (χ0n) is 28.9. The van der Waals surface area contributed by atoms with Gasteiger partial charge in [-0.1, -0.05) is 48.5 Å². The number of aryl methyl sites for hydroxylation is 1. The normalized spacial score (nSPS) is 15.3. The number of para-hydroxylation sites is 2. The molecule has 48 heavy (non-hydrogen) atoms. The van der Waals surface area contributed by atoms with Crippen LogP contribution >= 0.6 is 0 Å². The van der Waals surface area contributed by atoms with Crippen LogP contribution in [0.3, 0.4) is 0 Å². The van der Waals surface area contributed by atoms with Gasteiger partial charge in [0.05, 0.1) is 31.6 Å². The van der Waals surface area contributed by atoms with Gasteiger partial charge in [0, 0.05) is 19.9 Å². The maximum Gasteiger partial charge on any atom is 0.410 e. The molecule has 4 rings (SSSR count). The van der Waals surface area contributed by atoms with Crippen LogP contribution in [-0.2, 0) is 35.2 Å².